The van der Waals surface area contributed by atoms with Crippen LogP contribution in [-0.4, -0.2) is 21.1 Å². The fraction of sp³-hybridized carbons (Fsp3) is 0.200. The Bertz CT molecular complexity index is 1240. The lowest BCUT2D eigenvalue weighted by Crippen LogP contribution is -2.17. The minimum Gasteiger partial charge on any atom is -0.406 e. The third-order valence-corrected chi connectivity index (χ3v) is 4.80. The number of benzene rings is 2. The molecule has 0 amide bonds. The minimum atomic E-state index is -4.76. The molecule has 9 heteroatoms. The summed E-state index contributed by atoms with van der Waals surface area (Å²) in [6, 6.07) is 21.0. The molecular formula is C25H23F3N4O2. The van der Waals surface area contributed by atoms with E-state index in [2.05, 4.69) is 20.1 Å². The van der Waals surface area contributed by atoms with Crippen molar-refractivity contribution < 1.29 is 22.6 Å². The second kappa shape index (κ2) is 9.96. The van der Waals surface area contributed by atoms with E-state index in [0.717, 1.165) is 28.3 Å². The summed E-state index contributed by atoms with van der Waals surface area (Å²) in [6.45, 7) is 4.51. The van der Waals surface area contributed by atoms with E-state index < -0.39 is 6.36 Å². The molecule has 0 aliphatic carbocycles. The van der Waals surface area contributed by atoms with Gasteiger partial charge < -0.3 is 14.8 Å². The molecule has 176 valence electrons. The maximum Gasteiger partial charge on any atom is 0.573 e. The molecule has 0 unspecified atom stereocenters. The molecule has 0 spiro atoms. The standard InChI is InChI=1S/C25H23F3N4O2/c1-17-11-21(12-18(2)29-17)32-22(16-33-15-19-7-4-3-5-8-19)14-24(31-32)30-20-9-6-10-23(13-20)34-25(26,27)28/h3-14H,15-16H2,1-2H3,(H,30,31). The second-order valence-corrected chi connectivity index (χ2v) is 7.72. The van der Waals surface area contributed by atoms with Gasteiger partial charge >= 0.3 is 6.36 Å². The number of ether oxygens (including phenoxy) is 2. The van der Waals surface area contributed by atoms with Gasteiger partial charge in [0.25, 0.3) is 0 Å². The molecule has 2 aromatic carbocycles. The van der Waals surface area contributed by atoms with E-state index >= 15 is 0 Å². The van der Waals surface area contributed by atoms with Gasteiger partial charge in [0, 0.05) is 29.2 Å². The molecule has 0 bridgehead atoms. The van der Waals surface area contributed by atoms with Crippen molar-refractivity contribution in [3.63, 3.8) is 0 Å². The topological polar surface area (TPSA) is 61.2 Å². The number of halogens is 3. The van der Waals surface area contributed by atoms with Crippen LogP contribution in [0.2, 0.25) is 0 Å². The maximum atomic E-state index is 12.6. The lowest BCUT2D eigenvalue weighted by Gasteiger charge is -2.10. The summed E-state index contributed by atoms with van der Waals surface area (Å²) < 4.78 is 49.4. The number of rotatable bonds is 8. The number of alkyl halides is 3. The van der Waals surface area contributed by atoms with Crippen LogP contribution in [0, 0.1) is 13.8 Å². The highest BCUT2D eigenvalue weighted by atomic mass is 19.4. The first-order valence-corrected chi connectivity index (χ1v) is 10.5. The van der Waals surface area contributed by atoms with E-state index in [1.165, 1.54) is 18.2 Å². The molecule has 4 rings (SSSR count). The average Bonchev–Trinajstić information content (AvgIpc) is 3.15. The van der Waals surface area contributed by atoms with Gasteiger partial charge in [-0.15, -0.1) is 18.3 Å². The van der Waals surface area contributed by atoms with E-state index in [9.17, 15) is 13.2 Å². The zero-order chi connectivity index (χ0) is 24.1. The third kappa shape index (κ3) is 6.35. The van der Waals surface area contributed by atoms with Gasteiger partial charge in [0.15, 0.2) is 5.82 Å². The fourth-order valence-electron chi connectivity index (χ4n) is 3.51. The number of anilines is 2. The normalized spacial score (nSPS) is 11.4. The Morgan fingerprint density at radius 1 is 0.882 bits per heavy atom. The zero-order valence-corrected chi connectivity index (χ0v) is 18.6. The van der Waals surface area contributed by atoms with Crippen molar-refractivity contribution in [1.82, 2.24) is 14.8 Å². The van der Waals surface area contributed by atoms with Crippen LogP contribution in [0.25, 0.3) is 5.69 Å². The summed E-state index contributed by atoms with van der Waals surface area (Å²) in [5.74, 6) is 0.137. The van der Waals surface area contributed by atoms with E-state index in [1.807, 2.05) is 56.3 Å². The first-order chi connectivity index (χ1) is 16.2. The molecule has 2 heterocycles. The lowest BCUT2D eigenvalue weighted by atomic mass is 10.2. The summed E-state index contributed by atoms with van der Waals surface area (Å²) in [5, 5.41) is 7.67. The quantitative estimate of drug-likeness (QED) is 0.332. The van der Waals surface area contributed by atoms with Gasteiger partial charge in [-0.2, -0.15) is 0 Å². The summed E-state index contributed by atoms with van der Waals surface area (Å²) in [7, 11) is 0. The maximum absolute atomic E-state index is 12.6. The molecule has 0 saturated heterocycles. The monoisotopic (exact) mass is 468 g/mol. The van der Waals surface area contributed by atoms with Gasteiger partial charge in [-0.05, 0) is 43.7 Å². The van der Waals surface area contributed by atoms with Crippen molar-refractivity contribution in [2.75, 3.05) is 5.32 Å². The Balaban J connectivity index is 1.59. The molecule has 1 N–H and O–H groups in total. The highest BCUT2D eigenvalue weighted by Crippen LogP contribution is 2.27. The third-order valence-electron chi connectivity index (χ3n) is 4.80. The van der Waals surface area contributed by atoms with Crippen LogP contribution >= 0.6 is 0 Å². The van der Waals surface area contributed by atoms with Crippen LogP contribution in [-0.2, 0) is 18.0 Å². The molecular weight excluding hydrogens is 445 g/mol. The molecule has 0 atom stereocenters. The van der Waals surface area contributed by atoms with Crippen molar-refractivity contribution in [2.45, 2.75) is 33.4 Å². The summed E-state index contributed by atoms with van der Waals surface area (Å²) in [5.41, 5.74) is 4.72. The zero-order valence-electron chi connectivity index (χ0n) is 18.6. The van der Waals surface area contributed by atoms with Gasteiger partial charge in [0.2, 0.25) is 0 Å². The molecule has 0 aliphatic heterocycles. The average molecular weight is 468 g/mol. The van der Waals surface area contributed by atoms with Crippen molar-refractivity contribution >= 4 is 11.5 Å². The first kappa shape index (κ1) is 23.3. The predicted octanol–water partition coefficient (Wildman–Crippen LogP) is 6.24. The summed E-state index contributed by atoms with van der Waals surface area (Å²) in [6.07, 6.45) is -4.76. The Kier molecular flexibility index (Phi) is 6.83. The highest BCUT2D eigenvalue weighted by molar-refractivity contribution is 5.59. The largest absolute Gasteiger partial charge is 0.573 e. The number of pyridine rings is 1. The molecule has 0 saturated carbocycles. The van der Waals surface area contributed by atoms with Crippen LogP contribution in [0.5, 0.6) is 5.75 Å². The Morgan fingerprint density at radius 3 is 2.32 bits per heavy atom. The Hall–Kier alpha value is -3.85. The summed E-state index contributed by atoms with van der Waals surface area (Å²) >= 11 is 0. The SMILES string of the molecule is Cc1cc(-n2nc(Nc3cccc(OC(F)(F)F)c3)cc2COCc2ccccc2)cc(C)n1. The Labute approximate surface area is 195 Å². The number of aryl methyl sites for hydroxylation is 2. The van der Waals surface area contributed by atoms with Crippen molar-refractivity contribution in [3.8, 4) is 11.4 Å². The van der Waals surface area contributed by atoms with Crippen LogP contribution in [0.4, 0.5) is 24.7 Å². The van der Waals surface area contributed by atoms with Crippen LogP contribution in [0.15, 0.2) is 72.8 Å². The van der Waals surface area contributed by atoms with Gasteiger partial charge in [-0.3, -0.25) is 4.98 Å². The fourth-order valence-corrected chi connectivity index (χ4v) is 3.51. The molecule has 0 radical (unpaired) electrons. The van der Waals surface area contributed by atoms with Crippen molar-refractivity contribution in [3.05, 3.63) is 95.4 Å². The van der Waals surface area contributed by atoms with Crippen LogP contribution < -0.4 is 10.1 Å². The van der Waals surface area contributed by atoms with E-state index in [4.69, 9.17) is 4.74 Å². The number of nitrogens with zero attached hydrogens (tertiary/aromatic N) is 3. The number of nitrogens with one attached hydrogen (secondary N) is 1. The van der Waals surface area contributed by atoms with E-state index in [-0.39, 0.29) is 12.4 Å². The smallest absolute Gasteiger partial charge is 0.406 e. The van der Waals surface area contributed by atoms with Gasteiger partial charge in [0.1, 0.15) is 5.75 Å². The number of hydrogen-bond donors (Lipinski definition) is 1. The number of hydrogen-bond acceptors (Lipinski definition) is 5. The van der Waals surface area contributed by atoms with Gasteiger partial charge in [-0.25, -0.2) is 4.68 Å². The molecule has 0 aliphatic rings. The molecule has 34 heavy (non-hydrogen) atoms. The highest BCUT2D eigenvalue weighted by Gasteiger charge is 2.31. The van der Waals surface area contributed by atoms with E-state index in [0.29, 0.717) is 18.1 Å². The summed E-state index contributed by atoms with van der Waals surface area (Å²) in [4.78, 5) is 4.41. The molecule has 4 aromatic rings. The predicted molar refractivity (Wildman–Crippen MR) is 122 cm³/mol. The first-order valence-electron chi connectivity index (χ1n) is 10.5. The van der Waals surface area contributed by atoms with Crippen LogP contribution in [0.1, 0.15) is 22.6 Å². The van der Waals surface area contributed by atoms with Crippen molar-refractivity contribution in [1.29, 1.82) is 0 Å². The molecule has 0 fully saturated rings. The Morgan fingerprint density at radius 2 is 1.62 bits per heavy atom. The van der Waals surface area contributed by atoms with Crippen molar-refractivity contribution in [2.24, 2.45) is 0 Å². The van der Waals surface area contributed by atoms with Crippen LogP contribution in [0.3, 0.4) is 0 Å². The van der Waals surface area contributed by atoms with Gasteiger partial charge in [-0.1, -0.05) is 36.4 Å². The molecule has 6 nitrogen and oxygen atoms in total. The second-order valence-electron chi connectivity index (χ2n) is 7.72. The molecule has 2 aromatic heterocycles. The van der Waals surface area contributed by atoms with Gasteiger partial charge in [0.05, 0.1) is 24.6 Å². The number of aromatic nitrogens is 3. The minimum absolute atomic E-state index is 0.279. The lowest BCUT2D eigenvalue weighted by molar-refractivity contribution is -0.274. The van der Waals surface area contributed by atoms with E-state index in [1.54, 1.807) is 16.8 Å².